The second-order valence-electron chi connectivity index (χ2n) is 5.44. The summed E-state index contributed by atoms with van der Waals surface area (Å²) in [6.45, 7) is 5.42. The number of carbonyl (C=O) groups is 2. The van der Waals surface area contributed by atoms with Crippen LogP contribution in [-0.4, -0.2) is 54.1 Å². The Labute approximate surface area is 120 Å². The maximum atomic E-state index is 11.8. The second kappa shape index (κ2) is 8.92. The molecule has 0 aromatic heterocycles. The van der Waals surface area contributed by atoms with Crippen molar-refractivity contribution in [2.75, 3.05) is 26.2 Å². The Kier molecular flexibility index (Phi) is 7.54. The Hall–Kier alpha value is -1.14. The molecule has 6 nitrogen and oxygen atoms in total. The molecule has 1 aliphatic carbocycles. The summed E-state index contributed by atoms with van der Waals surface area (Å²) < 4.78 is 0. The number of carbonyl (C=O) groups excluding carboxylic acids is 1. The molecule has 1 saturated carbocycles. The Morgan fingerprint density at radius 2 is 1.95 bits per heavy atom. The van der Waals surface area contributed by atoms with Crippen LogP contribution in [0, 0.1) is 5.92 Å². The number of carboxylic acid groups (broad SMARTS) is 1. The maximum absolute atomic E-state index is 11.8. The summed E-state index contributed by atoms with van der Waals surface area (Å²) in [6.07, 6.45) is 4.36. The van der Waals surface area contributed by atoms with E-state index in [0.717, 1.165) is 51.9 Å². The number of nitrogens with one attached hydrogen (secondary N) is 1. The van der Waals surface area contributed by atoms with Gasteiger partial charge in [-0.2, -0.15) is 0 Å². The minimum Gasteiger partial charge on any atom is -0.481 e. The molecule has 2 rings (SSSR count). The third-order valence-corrected chi connectivity index (χ3v) is 3.59. The molecule has 4 N–H and O–H groups in total. The van der Waals surface area contributed by atoms with Gasteiger partial charge in [0.2, 0.25) is 5.91 Å². The van der Waals surface area contributed by atoms with Crippen LogP contribution >= 0.6 is 0 Å². The SMILES string of the molecule is CCCCC(=O)O.NC(C(=O)N1CCNCC1)C1CC1. The van der Waals surface area contributed by atoms with Gasteiger partial charge in [-0.1, -0.05) is 13.3 Å². The van der Waals surface area contributed by atoms with Crippen molar-refractivity contribution in [1.29, 1.82) is 0 Å². The van der Waals surface area contributed by atoms with E-state index in [9.17, 15) is 9.59 Å². The van der Waals surface area contributed by atoms with E-state index in [-0.39, 0.29) is 11.9 Å². The number of amides is 1. The number of piperazine rings is 1. The Morgan fingerprint density at radius 1 is 1.35 bits per heavy atom. The van der Waals surface area contributed by atoms with Crippen molar-refractivity contribution in [3.8, 4) is 0 Å². The van der Waals surface area contributed by atoms with E-state index in [1.165, 1.54) is 0 Å². The Morgan fingerprint density at radius 3 is 2.35 bits per heavy atom. The lowest BCUT2D eigenvalue weighted by atomic mass is 10.1. The summed E-state index contributed by atoms with van der Waals surface area (Å²) in [6, 6.07) is -0.224. The average Bonchev–Trinajstić information content (AvgIpc) is 3.29. The van der Waals surface area contributed by atoms with Crippen molar-refractivity contribution in [1.82, 2.24) is 10.2 Å². The molecule has 0 radical (unpaired) electrons. The van der Waals surface area contributed by atoms with Crippen molar-refractivity contribution in [2.45, 2.75) is 45.1 Å². The van der Waals surface area contributed by atoms with Gasteiger partial charge in [-0.15, -0.1) is 0 Å². The first-order valence-corrected chi connectivity index (χ1v) is 7.53. The van der Waals surface area contributed by atoms with Crippen LogP contribution in [0.2, 0.25) is 0 Å². The number of carboxylic acids is 1. The first kappa shape index (κ1) is 16.9. The van der Waals surface area contributed by atoms with E-state index in [1.807, 2.05) is 11.8 Å². The fourth-order valence-corrected chi connectivity index (χ4v) is 2.08. The van der Waals surface area contributed by atoms with Crippen molar-refractivity contribution in [3.63, 3.8) is 0 Å². The lowest BCUT2D eigenvalue weighted by Gasteiger charge is -2.29. The first-order valence-electron chi connectivity index (χ1n) is 7.53. The van der Waals surface area contributed by atoms with Crippen LogP contribution in [0.25, 0.3) is 0 Å². The van der Waals surface area contributed by atoms with E-state index >= 15 is 0 Å². The lowest BCUT2D eigenvalue weighted by molar-refractivity contribution is -0.137. The molecular weight excluding hydrogens is 258 g/mol. The second-order valence-corrected chi connectivity index (χ2v) is 5.44. The molecule has 0 aromatic carbocycles. The van der Waals surface area contributed by atoms with Gasteiger partial charge in [0.05, 0.1) is 6.04 Å². The molecule has 1 amide bonds. The van der Waals surface area contributed by atoms with E-state index < -0.39 is 5.97 Å². The van der Waals surface area contributed by atoms with Gasteiger partial charge in [0.15, 0.2) is 0 Å². The number of hydrogen-bond donors (Lipinski definition) is 3. The highest BCUT2D eigenvalue weighted by Gasteiger charge is 2.35. The number of hydrogen-bond acceptors (Lipinski definition) is 4. The fraction of sp³-hybridized carbons (Fsp3) is 0.857. The molecule has 0 spiro atoms. The summed E-state index contributed by atoms with van der Waals surface area (Å²) in [7, 11) is 0. The molecular formula is C14H27N3O3. The highest BCUT2D eigenvalue weighted by Crippen LogP contribution is 2.32. The summed E-state index contributed by atoms with van der Waals surface area (Å²) >= 11 is 0. The molecule has 2 aliphatic rings. The smallest absolute Gasteiger partial charge is 0.303 e. The number of nitrogens with two attached hydrogens (primary N) is 1. The van der Waals surface area contributed by atoms with Gasteiger partial charge in [0, 0.05) is 32.6 Å². The zero-order valence-corrected chi connectivity index (χ0v) is 12.3. The zero-order valence-electron chi connectivity index (χ0n) is 12.3. The molecule has 0 aromatic rings. The van der Waals surface area contributed by atoms with Gasteiger partial charge in [0.25, 0.3) is 0 Å². The number of aliphatic carboxylic acids is 1. The Bertz CT molecular complexity index is 313. The standard InChI is InChI=1S/C9H17N3O.C5H10O2/c10-8(7-1-2-7)9(13)12-5-3-11-4-6-12;1-2-3-4-5(6)7/h7-8,11H,1-6,10H2;2-4H2,1H3,(H,6,7). The minimum absolute atomic E-state index is 0.156. The van der Waals surface area contributed by atoms with Crippen LogP contribution in [0.4, 0.5) is 0 Å². The minimum atomic E-state index is -0.693. The molecule has 0 bridgehead atoms. The van der Waals surface area contributed by atoms with Gasteiger partial charge in [0.1, 0.15) is 0 Å². The number of nitrogens with zero attached hydrogens (tertiary/aromatic N) is 1. The Balaban J connectivity index is 0.000000246. The van der Waals surface area contributed by atoms with E-state index in [2.05, 4.69) is 5.32 Å². The quantitative estimate of drug-likeness (QED) is 0.680. The number of unbranched alkanes of at least 4 members (excludes halogenated alkanes) is 1. The highest BCUT2D eigenvalue weighted by atomic mass is 16.4. The first-order chi connectivity index (χ1) is 9.56. The maximum Gasteiger partial charge on any atom is 0.303 e. The predicted molar refractivity (Wildman–Crippen MR) is 77.3 cm³/mol. The topological polar surface area (TPSA) is 95.7 Å². The molecule has 1 heterocycles. The third-order valence-electron chi connectivity index (χ3n) is 3.59. The predicted octanol–water partition coefficient (Wildman–Crippen LogP) is 0.417. The van der Waals surface area contributed by atoms with Crippen LogP contribution in [0.3, 0.4) is 0 Å². The third kappa shape index (κ3) is 6.34. The average molecular weight is 285 g/mol. The lowest BCUT2D eigenvalue weighted by Crippen LogP contribution is -2.52. The van der Waals surface area contributed by atoms with Crippen molar-refractivity contribution in [3.05, 3.63) is 0 Å². The van der Waals surface area contributed by atoms with Crippen molar-refractivity contribution < 1.29 is 14.7 Å². The van der Waals surface area contributed by atoms with Crippen LogP contribution < -0.4 is 11.1 Å². The van der Waals surface area contributed by atoms with Gasteiger partial charge in [-0.25, -0.2) is 0 Å². The van der Waals surface area contributed by atoms with Crippen LogP contribution in [-0.2, 0) is 9.59 Å². The fourth-order valence-electron chi connectivity index (χ4n) is 2.08. The van der Waals surface area contributed by atoms with Gasteiger partial charge < -0.3 is 21.1 Å². The van der Waals surface area contributed by atoms with E-state index in [1.54, 1.807) is 0 Å². The zero-order chi connectivity index (χ0) is 15.0. The van der Waals surface area contributed by atoms with Gasteiger partial charge in [-0.05, 0) is 25.2 Å². The largest absolute Gasteiger partial charge is 0.481 e. The highest BCUT2D eigenvalue weighted by molar-refractivity contribution is 5.82. The molecule has 1 saturated heterocycles. The van der Waals surface area contributed by atoms with Crippen molar-refractivity contribution >= 4 is 11.9 Å². The monoisotopic (exact) mass is 285 g/mol. The number of rotatable bonds is 5. The van der Waals surface area contributed by atoms with E-state index in [4.69, 9.17) is 10.8 Å². The van der Waals surface area contributed by atoms with Crippen LogP contribution in [0.15, 0.2) is 0 Å². The molecule has 6 heteroatoms. The molecule has 1 atom stereocenters. The summed E-state index contributed by atoms with van der Waals surface area (Å²) in [5.74, 6) is -0.0618. The summed E-state index contributed by atoms with van der Waals surface area (Å²) in [5, 5.41) is 11.3. The van der Waals surface area contributed by atoms with Crippen LogP contribution in [0.1, 0.15) is 39.0 Å². The molecule has 1 aliphatic heterocycles. The summed E-state index contributed by atoms with van der Waals surface area (Å²) in [4.78, 5) is 23.4. The normalized spacial score (nSPS) is 19.8. The molecule has 116 valence electrons. The van der Waals surface area contributed by atoms with Crippen molar-refractivity contribution in [2.24, 2.45) is 11.7 Å². The van der Waals surface area contributed by atoms with Gasteiger partial charge >= 0.3 is 5.97 Å². The molecule has 20 heavy (non-hydrogen) atoms. The summed E-state index contributed by atoms with van der Waals surface area (Å²) in [5.41, 5.74) is 5.84. The molecule has 1 unspecified atom stereocenters. The van der Waals surface area contributed by atoms with E-state index in [0.29, 0.717) is 12.3 Å². The van der Waals surface area contributed by atoms with Gasteiger partial charge in [-0.3, -0.25) is 9.59 Å². The van der Waals surface area contributed by atoms with Crippen LogP contribution in [0.5, 0.6) is 0 Å². The molecule has 2 fully saturated rings.